The minimum absolute atomic E-state index is 0.618. The lowest BCUT2D eigenvalue weighted by molar-refractivity contribution is 0.619. The second-order valence-corrected chi connectivity index (χ2v) is 5.21. The number of aromatic amines is 1. The number of aromatic nitrogens is 1. The van der Waals surface area contributed by atoms with Crippen LogP contribution in [0, 0.1) is 6.92 Å². The van der Waals surface area contributed by atoms with Gasteiger partial charge in [0.2, 0.25) is 0 Å². The third-order valence-corrected chi connectivity index (χ3v) is 4.02. The number of H-pyrrole nitrogens is 1. The van der Waals surface area contributed by atoms with Crippen molar-refractivity contribution in [3.63, 3.8) is 0 Å². The first kappa shape index (κ1) is 11.6. The van der Waals surface area contributed by atoms with Gasteiger partial charge in [0, 0.05) is 29.2 Å². The standard InChI is InChI=1S/C15H21N3/c1-11-15(13-6-2-3-7-14(13)17-11)18-10-4-5-12(18)8-9-16/h2-3,6-7,12,17H,4-5,8-10,16H2,1H3. The Labute approximate surface area is 108 Å². The van der Waals surface area contributed by atoms with E-state index in [9.17, 15) is 0 Å². The van der Waals surface area contributed by atoms with Gasteiger partial charge in [-0.1, -0.05) is 18.2 Å². The Morgan fingerprint density at radius 2 is 2.22 bits per heavy atom. The molecule has 1 aliphatic rings. The van der Waals surface area contributed by atoms with Gasteiger partial charge >= 0.3 is 0 Å². The average molecular weight is 243 g/mol. The Balaban J connectivity index is 2.05. The Kier molecular flexibility index (Phi) is 3.00. The number of anilines is 1. The maximum atomic E-state index is 5.74. The van der Waals surface area contributed by atoms with Crippen molar-refractivity contribution in [2.75, 3.05) is 18.0 Å². The molecule has 1 aliphatic heterocycles. The van der Waals surface area contributed by atoms with Gasteiger partial charge in [-0.05, 0) is 38.8 Å². The number of para-hydroxylation sites is 1. The summed E-state index contributed by atoms with van der Waals surface area (Å²) in [5.41, 5.74) is 9.65. The molecule has 0 spiro atoms. The van der Waals surface area contributed by atoms with Crippen LogP contribution < -0.4 is 10.6 Å². The number of nitrogens with zero attached hydrogens (tertiary/aromatic N) is 1. The number of hydrogen-bond acceptors (Lipinski definition) is 2. The van der Waals surface area contributed by atoms with Crippen LogP contribution in [0.3, 0.4) is 0 Å². The van der Waals surface area contributed by atoms with Crippen molar-refractivity contribution in [1.82, 2.24) is 4.98 Å². The molecule has 0 aliphatic carbocycles. The highest BCUT2D eigenvalue weighted by molar-refractivity contribution is 5.95. The number of aryl methyl sites for hydroxylation is 1. The van der Waals surface area contributed by atoms with Gasteiger partial charge in [-0.2, -0.15) is 0 Å². The van der Waals surface area contributed by atoms with Crippen LogP contribution in [-0.4, -0.2) is 24.1 Å². The van der Waals surface area contributed by atoms with Gasteiger partial charge in [-0.3, -0.25) is 0 Å². The van der Waals surface area contributed by atoms with E-state index < -0.39 is 0 Å². The fraction of sp³-hybridized carbons (Fsp3) is 0.467. The highest BCUT2D eigenvalue weighted by Gasteiger charge is 2.27. The molecule has 1 fully saturated rings. The molecule has 1 atom stereocenters. The van der Waals surface area contributed by atoms with E-state index in [2.05, 4.69) is 41.1 Å². The fourth-order valence-corrected chi connectivity index (χ4v) is 3.25. The van der Waals surface area contributed by atoms with Crippen molar-refractivity contribution >= 4 is 16.6 Å². The lowest BCUT2D eigenvalue weighted by Gasteiger charge is -2.27. The number of hydrogen-bond donors (Lipinski definition) is 2. The number of benzene rings is 1. The van der Waals surface area contributed by atoms with E-state index in [1.165, 1.54) is 35.1 Å². The van der Waals surface area contributed by atoms with Crippen molar-refractivity contribution < 1.29 is 0 Å². The van der Waals surface area contributed by atoms with Gasteiger partial charge in [0.05, 0.1) is 5.69 Å². The predicted octanol–water partition coefficient (Wildman–Crippen LogP) is 2.79. The highest BCUT2D eigenvalue weighted by atomic mass is 15.2. The van der Waals surface area contributed by atoms with Crippen LogP contribution in [0.25, 0.3) is 10.9 Å². The second-order valence-electron chi connectivity index (χ2n) is 5.21. The van der Waals surface area contributed by atoms with E-state index in [-0.39, 0.29) is 0 Å². The Hall–Kier alpha value is -1.48. The van der Waals surface area contributed by atoms with E-state index >= 15 is 0 Å². The lowest BCUT2D eigenvalue weighted by atomic mass is 10.1. The first-order valence-corrected chi connectivity index (χ1v) is 6.85. The molecule has 96 valence electrons. The summed E-state index contributed by atoms with van der Waals surface area (Å²) >= 11 is 0. The summed E-state index contributed by atoms with van der Waals surface area (Å²) in [4.78, 5) is 6.05. The van der Waals surface area contributed by atoms with E-state index in [1.807, 2.05) is 0 Å². The molecule has 0 bridgehead atoms. The molecule has 1 aromatic heterocycles. The van der Waals surface area contributed by atoms with Crippen molar-refractivity contribution in [3.8, 4) is 0 Å². The summed E-state index contributed by atoms with van der Waals surface area (Å²) < 4.78 is 0. The molecular formula is C15H21N3. The molecular weight excluding hydrogens is 222 g/mol. The summed E-state index contributed by atoms with van der Waals surface area (Å²) in [5, 5.41) is 1.35. The Bertz CT molecular complexity index is 544. The van der Waals surface area contributed by atoms with Crippen LogP contribution in [-0.2, 0) is 0 Å². The van der Waals surface area contributed by atoms with Crippen LogP contribution >= 0.6 is 0 Å². The lowest BCUT2D eigenvalue weighted by Crippen LogP contribution is -2.31. The van der Waals surface area contributed by atoms with Gasteiger partial charge in [0.15, 0.2) is 0 Å². The summed E-state index contributed by atoms with van der Waals surface area (Å²) in [7, 11) is 0. The van der Waals surface area contributed by atoms with Gasteiger partial charge < -0.3 is 15.6 Å². The molecule has 3 nitrogen and oxygen atoms in total. The second kappa shape index (κ2) is 4.65. The topological polar surface area (TPSA) is 45.0 Å². The van der Waals surface area contributed by atoms with E-state index in [4.69, 9.17) is 5.73 Å². The first-order valence-electron chi connectivity index (χ1n) is 6.85. The minimum Gasteiger partial charge on any atom is -0.367 e. The van der Waals surface area contributed by atoms with Crippen molar-refractivity contribution in [3.05, 3.63) is 30.0 Å². The third-order valence-electron chi connectivity index (χ3n) is 4.02. The third kappa shape index (κ3) is 1.79. The SMILES string of the molecule is Cc1[nH]c2ccccc2c1N1CCCC1CCN. The van der Waals surface area contributed by atoms with Crippen LogP contribution in [0.1, 0.15) is 25.0 Å². The summed E-state index contributed by atoms with van der Waals surface area (Å²) in [6.45, 7) is 4.11. The molecule has 18 heavy (non-hydrogen) atoms. The number of rotatable bonds is 3. The maximum Gasteiger partial charge on any atom is 0.0656 e. The molecule has 3 rings (SSSR count). The molecule has 0 saturated carbocycles. The largest absolute Gasteiger partial charge is 0.367 e. The monoisotopic (exact) mass is 243 g/mol. The van der Waals surface area contributed by atoms with E-state index in [1.54, 1.807) is 0 Å². The van der Waals surface area contributed by atoms with Gasteiger partial charge in [0.25, 0.3) is 0 Å². The van der Waals surface area contributed by atoms with Crippen LogP contribution in [0.4, 0.5) is 5.69 Å². The Morgan fingerprint density at radius 3 is 3.06 bits per heavy atom. The van der Waals surface area contributed by atoms with E-state index in [0.29, 0.717) is 6.04 Å². The number of nitrogens with two attached hydrogens (primary N) is 1. The van der Waals surface area contributed by atoms with Gasteiger partial charge in [0.1, 0.15) is 0 Å². The summed E-state index contributed by atoms with van der Waals surface area (Å²) in [6.07, 6.45) is 3.65. The van der Waals surface area contributed by atoms with E-state index in [0.717, 1.165) is 19.5 Å². The zero-order chi connectivity index (χ0) is 12.5. The fourth-order valence-electron chi connectivity index (χ4n) is 3.25. The Morgan fingerprint density at radius 1 is 1.39 bits per heavy atom. The zero-order valence-corrected chi connectivity index (χ0v) is 10.9. The number of fused-ring (bicyclic) bond motifs is 1. The van der Waals surface area contributed by atoms with Crippen molar-refractivity contribution in [2.45, 2.75) is 32.2 Å². The molecule has 2 heterocycles. The van der Waals surface area contributed by atoms with Crippen molar-refractivity contribution in [2.24, 2.45) is 5.73 Å². The molecule has 0 amide bonds. The van der Waals surface area contributed by atoms with Crippen molar-refractivity contribution in [1.29, 1.82) is 0 Å². The molecule has 2 aromatic rings. The summed E-state index contributed by atoms with van der Waals surface area (Å²) in [5.74, 6) is 0. The molecule has 0 radical (unpaired) electrons. The highest BCUT2D eigenvalue weighted by Crippen LogP contribution is 2.35. The molecule has 1 unspecified atom stereocenters. The smallest absolute Gasteiger partial charge is 0.0656 e. The maximum absolute atomic E-state index is 5.74. The first-order chi connectivity index (χ1) is 8.81. The quantitative estimate of drug-likeness (QED) is 0.870. The zero-order valence-electron chi connectivity index (χ0n) is 10.9. The predicted molar refractivity (Wildman–Crippen MR) is 77.1 cm³/mol. The molecule has 1 aromatic carbocycles. The van der Waals surface area contributed by atoms with Gasteiger partial charge in [-0.25, -0.2) is 0 Å². The normalized spacial score (nSPS) is 19.9. The van der Waals surface area contributed by atoms with Crippen LogP contribution in [0.5, 0.6) is 0 Å². The van der Waals surface area contributed by atoms with Crippen LogP contribution in [0.15, 0.2) is 24.3 Å². The minimum atomic E-state index is 0.618. The molecule has 3 heteroatoms. The van der Waals surface area contributed by atoms with Gasteiger partial charge in [-0.15, -0.1) is 0 Å². The summed E-state index contributed by atoms with van der Waals surface area (Å²) in [6, 6.07) is 9.19. The average Bonchev–Trinajstić information content (AvgIpc) is 2.92. The molecule has 3 N–H and O–H groups in total. The number of nitrogens with one attached hydrogen (secondary N) is 1. The van der Waals surface area contributed by atoms with Crippen LogP contribution in [0.2, 0.25) is 0 Å². The molecule has 1 saturated heterocycles.